The molecule has 1 atom stereocenters. The van der Waals surface area contributed by atoms with Gasteiger partial charge < -0.3 is 5.11 Å². The molecule has 0 bridgehead atoms. The van der Waals surface area contributed by atoms with Crippen LogP contribution in [0.5, 0.6) is 0 Å². The molecule has 0 saturated heterocycles. The third kappa shape index (κ3) is 4.28. The Balaban J connectivity index is 1.96. The number of anilines is 1. The van der Waals surface area contributed by atoms with Crippen LogP contribution < -0.4 is 4.31 Å². The van der Waals surface area contributed by atoms with Gasteiger partial charge in [-0.2, -0.15) is 0 Å². The number of aromatic carboxylic acids is 1. The highest BCUT2D eigenvalue weighted by Crippen LogP contribution is 2.23. The molecule has 1 unspecified atom stereocenters. The molecule has 0 saturated carbocycles. The van der Waals surface area contributed by atoms with Crippen molar-refractivity contribution >= 4 is 34.2 Å². The highest BCUT2D eigenvalue weighted by molar-refractivity contribution is 7.86. The zero-order valence-electron chi connectivity index (χ0n) is 13.6. The minimum absolute atomic E-state index is 0.0642. The summed E-state index contributed by atoms with van der Waals surface area (Å²) in [6.45, 7) is 0.354. The van der Waals surface area contributed by atoms with Gasteiger partial charge in [-0.1, -0.05) is 41.9 Å². The Kier molecular flexibility index (Phi) is 5.65. The molecule has 3 rings (SSSR count). The van der Waals surface area contributed by atoms with E-state index in [1.807, 2.05) is 30.3 Å². The molecule has 1 N–H and O–H groups in total. The number of hydrogen-bond acceptors (Lipinski definition) is 3. The standard InChI is InChI=1S/C19H15ClN2O3S/c20-15-8-6-14(7-9-15)13-22(26(25)17-4-2-1-3-5-17)16-10-11-18(19(23)24)21-12-16/h1-12H,13H2,(H,23,24). The molecule has 3 aromatic rings. The molecule has 0 amide bonds. The summed E-state index contributed by atoms with van der Waals surface area (Å²) in [6, 6.07) is 19.3. The quantitative estimate of drug-likeness (QED) is 0.690. The number of pyridine rings is 1. The lowest BCUT2D eigenvalue weighted by Crippen LogP contribution is -2.25. The minimum atomic E-state index is -1.48. The normalized spacial score (nSPS) is 11.7. The van der Waals surface area contributed by atoms with E-state index in [2.05, 4.69) is 4.98 Å². The smallest absolute Gasteiger partial charge is 0.354 e. The van der Waals surface area contributed by atoms with Crippen LogP contribution in [0.15, 0.2) is 77.8 Å². The van der Waals surface area contributed by atoms with Gasteiger partial charge in [0, 0.05) is 5.02 Å². The van der Waals surface area contributed by atoms with Gasteiger partial charge in [-0.25, -0.2) is 14.0 Å². The number of benzene rings is 2. The second kappa shape index (κ2) is 8.12. The van der Waals surface area contributed by atoms with E-state index in [1.54, 1.807) is 34.6 Å². The Morgan fingerprint density at radius 1 is 1.04 bits per heavy atom. The van der Waals surface area contributed by atoms with Gasteiger partial charge in [-0.05, 0) is 42.0 Å². The van der Waals surface area contributed by atoms with Crippen LogP contribution in [0.1, 0.15) is 16.1 Å². The Morgan fingerprint density at radius 2 is 1.73 bits per heavy atom. The minimum Gasteiger partial charge on any atom is -0.477 e. The van der Waals surface area contributed by atoms with E-state index in [4.69, 9.17) is 16.7 Å². The van der Waals surface area contributed by atoms with Crippen LogP contribution in [-0.4, -0.2) is 20.3 Å². The van der Waals surface area contributed by atoms with Crippen molar-refractivity contribution in [2.24, 2.45) is 0 Å². The average Bonchev–Trinajstić information content (AvgIpc) is 2.68. The summed E-state index contributed by atoms with van der Waals surface area (Å²) in [5.74, 6) is -1.11. The molecule has 1 aromatic heterocycles. The first-order chi connectivity index (χ1) is 12.5. The second-order valence-corrected chi connectivity index (χ2v) is 7.28. The molecular weight excluding hydrogens is 372 g/mol. The average molecular weight is 387 g/mol. The lowest BCUT2D eigenvalue weighted by molar-refractivity contribution is 0.0690. The zero-order chi connectivity index (χ0) is 18.5. The summed E-state index contributed by atoms with van der Waals surface area (Å²) in [5.41, 5.74) is 1.42. The van der Waals surface area contributed by atoms with Crippen LogP contribution >= 0.6 is 11.6 Å². The second-order valence-electron chi connectivity index (χ2n) is 5.43. The van der Waals surface area contributed by atoms with E-state index in [-0.39, 0.29) is 5.69 Å². The zero-order valence-corrected chi connectivity index (χ0v) is 15.2. The van der Waals surface area contributed by atoms with E-state index in [0.717, 1.165) is 5.56 Å². The fraction of sp³-hybridized carbons (Fsp3) is 0.0526. The van der Waals surface area contributed by atoms with Crippen molar-refractivity contribution in [2.45, 2.75) is 11.4 Å². The van der Waals surface area contributed by atoms with Crippen LogP contribution in [0, 0.1) is 0 Å². The topological polar surface area (TPSA) is 70.5 Å². The number of carbonyl (C=O) groups is 1. The molecule has 0 spiro atoms. The van der Waals surface area contributed by atoms with Gasteiger partial charge >= 0.3 is 5.97 Å². The summed E-state index contributed by atoms with van der Waals surface area (Å²) >= 11 is 5.93. The third-order valence-electron chi connectivity index (χ3n) is 3.64. The molecule has 0 radical (unpaired) electrons. The highest BCUT2D eigenvalue weighted by atomic mass is 35.5. The fourth-order valence-corrected chi connectivity index (χ4v) is 3.66. The molecule has 1 heterocycles. The first-order valence-electron chi connectivity index (χ1n) is 7.73. The van der Waals surface area contributed by atoms with Crippen molar-refractivity contribution in [1.29, 1.82) is 0 Å². The van der Waals surface area contributed by atoms with Gasteiger partial charge in [0.15, 0.2) is 11.0 Å². The SMILES string of the molecule is O=C(O)c1ccc(N(Cc2ccc(Cl)cc2)S(=O)c2ccccc2)cn1. The van der Waals surface area contributed by atoms with Crippen molar-refractivity contribution in [1.82, 2.24) is 4.98 Å². The Labute approximate surface area is 158 Å². The van der Waals surface area contributed by atoms with Crippen LogP contribution in [0.4, 0.5) is 5.69 Å². The summed E-state index contributed by atoms with van der Waals surface area (Å²) in [6.07, 6.45) is 1.42. The van der Waals surface area contributed by atoms with Gasteiger partial charge in [0.25, 0.3) is 0 Å². The van der Waals surface area contributed by atoms with Crippen molar-refractivity contribution < 1.29 is 14.1 Å². The number of aromatic nitrogens is 1. The van der Waals surface area contributed by atoms with Crippen LogP contribution in [0.25, 0.3) is 0 Å². The lowest BCUT2D eigenvalue weighted by atomic mass is 10.2. The number of halogens is 1. The largest absolute Gasteiger partial charge is 0.477 e. The number of hydrogen-bond donors (Lipinski definition) is 1. The molecular formula is C19H15ClN2O3S. The Bertz CT molecular complexity index is 916. The summed E-state index contributed by atoms with van der Waals surface area (Å²) in [7, 11) is -1.48. The molecule has 0 fully saturated rings. The van der Waals surface area contributed by atoms with E-state index in [9.17, 15) is 9.00 Å². The van der Waals surface area contributed by atoms with E-state index in [0.29, 0.717) is 22.2 Å². The number of nitrogens with zero attached hydrogens (tertiary/aromatic N) is 2. The molecule has 2 aromatic carbocycles. The Hall–Kier alpha value is -2.70. The van der Waals surface area contributed by atoms with Crippen LogP contribution in [0.2, 0.25) is 5.02 Å². The van der Waals surface area contributed by atoms with Gasteiger partial charge in [0.05, 0.1) is 23.3 Å². The number of carboxylic acid groups (broad SMARTS) is 1. The summed E-state index contributed by atoms with van der Waals surface area (Å²) in [5, 5.41) is 9.64. The van der Waals surface area contributed by atoms with Crippen LogP contribution in [-0.2, 0) is 17.5 Å². The Morgan fingerprint density at radius 3 is 2.31 bits per heavy atom. The predicted molar refractivity (Wildman–Crippen MR) is 102 cm³/mol. The maximum absolute atomic E-state index is 13.1. The van der Waals surface area contributed by atoms with Gasteiger partial charge in [0.1, 0.15) is 5.69 Å². The lowest BCUT2D eigenvalue weighted by Gasteiger charge is -2.23. The van der Waals surface area contributed by atoms with Crippen molar-refractivity contribution in [2.75, 3.05) is 4.31 Å². The van der Waals surface area contributed by atoms with Crippen LogP contribution in [0.3, 0.4) is 0 Å². The molecule has 0 aliphatic heterocycles. The van der Waals surface area contributed by atoms with Gasteiger partial charge in [0.2, 0.25) is 0 Å². The van der Waals surface area contributed by atoms with E-state index >= 15 is 0 Å². The predicted octanol–water partition coefficient (Wildman–Crippen LogP) is 4.16. The molecule has 5 nitrogen and oxygen atoms in total. The molecule has 26 heavy (non-hydrogen) atoms. The van der Waals surface area contributed by atoms with E-state index in [1.165, 1.54) is 12.3 Å². The molecule has 7 heteroatoms. The molecule has 0 aliphatic rings. The van der Waals surface area contributed by atoms with Gasteiger partial charge in [-0.3, -0.25) is 4.31 Å². The number of rotatable bonds is 6. The highest BCUT2D eigenvalue weighted by Gasteiger charge is 2.18. The third-order valence-corrected chi connectivity index (χ3v) is 5.31. The molecule has 132 valence electrons. The van der Waals surface area contributed by atoms with Crippen molar-refractivity contribution in [3.05, 3.63) is 89.2 Å². The maximum Gasteiger partial charge on any atom is 0.354 e. The van der Waals surface area contributed by atoms with E-state index < -0.39 is 17.0 Å². The summed E-state index contributed by atoms with van der Waals surface area (Å²) < 4.78 is 14.8. The van der Waals surface area contributed by atoms with Crippen molar-refractivity contribution in [3.63, 3.8) is 0 Å². The monoisotopic (exact) mass is 386 g/mol. The number of carboxylic acids is 1. The first kappa shape index (κ1) is 18.1. The maximum atomic E-state index is 13.1. The fourth-order valence-electron chi connectivity index (χ4n) is 2.33. The van der Waals surface area contributed by atoms with Gasteiger partial charge in [-0.15, -0.1) is 0 Å². The summed E-state index contributed by atoms with van der Waals surface area (Å²) in [4.78, 5) is 15.6. The van der Waals surface area contributed by atoms with Crippen molar-refractivity contribution in [3.8, 4) is 0 Å². The molecule has 0 aliphatic carbocycles. The first-order valence-corrected chi connectivity index (χ1v) is 9.21.